The predicted octanol–water partition coefficient (Wildman–Crippen LogP) is 4.44. The number of aromatic nitrogens is 2. The summed E-state index contributed by atoms with van der Waals surface area (Å²) in [6.45, 7) is 4.00. The Hall–Kier alpha value is -3.09. The van der Waals surface area contributed by atoms with Crippen molar-refractivity contribution in [1.29, 1.82) is 0 Å². The highest BCUT2D eigenvalue weighted by atomic mass is 19.4. The van der Waals surface area contributed by atoms with Crippen LogP contribution in [-0.2, 0) is 6.18 Å². The van der Waals surface area contributed by atoms with Gasteiger partial charge in [-0.2, -0.15) is 13.2 Å². The summed E-state index contributed by atoms with van der Waals surface area (Å²) in [6.07, 6.45) is -4.86. The largest absolute Gasteiger partial charge is 0.433 e. The maximum absolute atomic E-state index is 13.3. The topological polar surface area (TPSA) is 54.9 Å². The van der Waals surface area contributed by atoms with Gasteiger partial charge in [0.05, 0.1) is 5.69 Å². The van der Waals surface area contributed by atoms with Gasteiger partial charge in [-0.3, -0.25) is 14.7 Å². The molecule has 0 aliphatic rings. The van der Waals surface area contributed by atoms with E-state index < -0.39 is 28.8 Å². The van der Waals surface area contributed by atoms with Crippen LogP contribution in [0.4, 0.5) is 13.2 Å². The number of ketones is 1. The van der Waals surface area contributed by atoms with Gasteiger partial charge in [0.1, 0.15) is 5.56 Å². The first-order chi connectivity index (χ1) is 12.4. The lowest BCUT2D eigenvalue weighted by Gasteiger charge is -2.06. The van der Waals surface area contributed by atoms with Crippen molar-refractivity contribution >= 4 is 5.78 Å². The normalized spacial score (nSPS) is 10.8. The van der Waals surface area contributed by atoms with E-state index >= 15 is 0 Å². The van der Waals surface area contributed by atoms with E-state index in [4.69, 9.17) is 0 Å². The zero-order chi connectivity index (χ0) is 19.3. The van der Waals surface area contributed by atoms with E-state index in [1.54, 1.807) is 24.3 Å². The van der Waals surface area contributed by atoms with Crippen molar-refractivity contribution in [2.45, 2.75) is 20.0 Å². The van der Waals surface area contributed by atoms with Crippen LogP contribution < -0.4 is 5.56 Å². The highest BCUT2D eigenvalue weighted by molar-refractivity contribution is 6.09. The Balaban J connectivity index is 0.00000117. The number of benzene rings is 2. The molecule has 0 atom stereocenters. The number of hydrogen-bond acceptors (Lipinski definition) is 2. The van der Waals surface area contributed by atoms with Gasteiger partial charge in [0.25, 0.3) is 5.56 Å². The van der Waals surface area contributed by atoms with Crippen LogP contribution in [0.1, 0.15) is 35.5 Å². The summed E-state index contributed by atoms with van der Waals surface area (Å²) >= 11 is 0. The second kappa shape index (κ2) is 7.86. The maximum Gasteiger partial charge on any atom is 0.433 e. The molecule has 0 radical (unpaired) electrons. The average molecular weight is 362 g/mol. The molecule has 1 N–H and O–H groups in total. The van der Waals surface area contributed by atoms with E-state index in [0.717, 1.165) is 4.68 Å². The molecule has 0 saturated heterocycles. The van der Waals surface area contributed by atoms with Crippen molar-refractivity contribution in [1.82, 2.24) is 9.78 Å². The molecule has 4 nitrogen and oxygen atoms in total. The molecule has 0 bridgehead atoms. The van der Waals surface area contributed by atoms with Crippen LogP contribution in [0.25, 0.3) is 5.69 Å². The number of halogens is 3. The van der Waals surface area contributed by atoms with Gasteiger partial charge in [0, 0.05) is 5.56 Å². The number of para-hydroxylation sites is 1. The number of nitrogens with one attached hydrogen (secondary N) is 1. The van der Waals surface area contributed by atoms with Gasteiger partial charge >= 0.3 is 6.18 Å². The van der Waals surface area contributed by atoms with Crippen LogP contribution in [0.2, 0.25) is 0 Å². The number of rotatable bonds is 3. The van der Waals surface area contributed by atoms with Gasteiger partial charge in [0.15, 0.2) is 5.69 Å². The summed E-state index contributed by atoms with van der Waals surface area (Å²) in [4.78, 5) is 24.9. The molecular weight excluding hydrogens is 345 g/mol. The predicted molar refractivity (Wildman–Crippen MR) is 92.6 cm³/mol. The fraction of sp³-hybridized carbons (Fsp3) is 0.158. The van der Waals surface area contributed by atoms with E-state index in [-0.39, 0.29) is 11.3 Å². The minimum Gasteiger partial charge on any atom is -0.288 e. The first-order valence-corrected chi connectivity index (χ1v) is 7.97. The molecule has 3 rings (SSSR count). The van der Waals surface area contributed by atoms with Gasteiger partial charge in [0.2, 0.25) is 5.78 Å². The SMILES string of the molecule is CC.O=C(c1ccccc1)c1c(C(F)(F)F)[nH]n(-c2ccccc2)c1=O. The lowest BCUT2D eigenvalue weighted by atomic mass is 10.0. The summed E-state index contributed by atoms with van der Waals surface area (Å²) < 4.78 is 40.6. The lowest BCUT2D eigenvalue weighted by Crippen LogP contribution is -2.22. The molecule has 0 aliphatic heterocycles. The quantitative estimate of drug-likeness (QED) is 0.700. The Kier molecular flexibility index (Phi) is 5.82. The van der Waals surface area contributed by atoms with E-state index in [0.29, 0.717) is 0 Å². The molecule has 1 aromatic heterocycles. The Bertz CT molecular complexity index is 927. The molecule has 0 saturated carbocycles. The van der Waals surface area contributed by atoms with Crippen molar-refractivity contribution < 1.29 is 18.0 Å². The highest BCUT2D eigenvalue weighted by Crippen LogP contribution is 2.30. The molecular formula is C19H17F3N2O2. The van der Waals surface area contributed by atoms with Gasteiger partial charge < -0.3 is 0 Å². The van der Waals surface area contributed by atoms with Crippen molar-refractivity contribution in [3.8, 4) is 5.69 Å². The Morgan fingerprint density at radius 3 is 1.92 bits per heavy atom. The van der Waals surface area contributed by atoms with E-state index in [1.807, 2.05) is 18.9 Å². The third kappa shape index (κ3) is 3.77. The average Bonchev–Trinajstić information content (AvgIpc) is 3.02. The van der Waals surface area contributed by atoms with Gasteiger partial charge in [-0.05, 0) is 12.1 Å². The number of H-pyrrole nitrogens is 1. The summed E-state index contributed by atoms with van der Waals surface area (Å²) in [7, 11) is 0. The van der Waals surface area contributed by atoms with Crippen LogP contribution in [-0.4, -0.2) is 15.6 Å². The van der Waals surface area contributed by atoms with Crippen LogP contribution in [0.3, 0.4) is 0 Å². The van der Waals surface area contributed by atoms with Gasteiger partial charge in [-0.25, -0.2) is 4.68 Å². The summed E-state index contributed by atoms with van der Waals surface area (Å²) in [6, 6.07) is 15.1. The van der Waals surface area contributed by atoms with Crippen LogP contribution in [0, 0.1) is 0 Å². The number of carbonyl (C=O) groups is 1. The Morgan fingerprint density at radius 1 is 0.923 bits per heavy atom. The molecule has 7 heteroatoms. The first-order valence-electron chi connectivity index (χ1n) is 7.97. The summed E-state index contributed by atoms with van der Waals surface area (Å²) in [5.41, 5.74) is -3.09. The van der Waals surface area contributed by atoms with Crippen molar-refractivity contribution in [2.75, 3.05) is 0 Å². The molecule has 0 spiro atoms. The Morgan fingerprint density at radius 2 is 1.42 bits per heavy atom. The molecule has 0 fully saturated rings. The third-order valence-corrected chi connectivity index (χ3v) is 3.45. The standard InChI is InChI=1S/C17H11F3N2O2.C2H6/c18-17(19,20)15-13(14(23)11-7-3-1-4-8-11)16(24)22(21-15)12-9-5-2-6-10-12;1-2/h1-10,21H;1-2H3. The smallest absolute Gasteiger partial charge is 0.288 e. The van der Waals surface area contributed by atoms with Crippen molar-refractivity contribution in [3.05, 3.63) is 87.8 Å². The number of hydrogen-bond donors (Lipinski definition) is 1. The molecule has 1 heterocycles. The Labute approximate surface area is 147 Å². The number of nitrogens with zero attached hydrogens (tertiary/aromatic N) is 1. The van der Waals surface area contributed by atoms with Crippen LogP contribution in [0.5, 0.6) is 0 Å². The monoisotopic (exact) mass is 362 g/mol. The molecule has 3 aromatic rings. The van der Waals surface area contributed by atoms with Crippen molar-refractivity contribution in [2.24, 2.45) is 0 Å². The fourth-order valence-electron chi connectivity index (χ4n) is 2.35. The lowest BCUT2D eigenvalue weighted by molar-refractivity contribution is -0.141. The second-order valence-corrected chi connectivity index (χ2v) is 5.03. The zero-order valence-electron chi connectivity index (χ0n) is 14.2. The molecule has 0 aliphatic carbocycles. The molecule has 136 valence electrons. The number of aromatic amines is 1. The van der Waals surface area contributed by atoms with Gasteiger partial charge in [-0.1, -0.05) is 62.4 Å². The molecule has 2 aromatic carbocycles. The molecule has 0 unspecified atom stereocenters. The van der Waals surface area contributed by atoms with E-state index in [2.05, 4.69) is 0 Å². The molecule has 0 amide bonds. The van der Waals surface area contributed by atoms with Crippen molar-refractivity contribution in [3.63, 3.8) is 0 Å². The zero-order valence-corrected chi connectivity index (χ0v) is 14.2. The summed E-state index contributed by atoms with van der Waals surface area (Å²) in [5, 5.41) is 2.02. The van der Waals surface area contributed by atoms with E-state index in [9.17, 15) is 22.8 Å². The highest BCUT2D eigenvalue weighted by Gasteiger charge is 2.40. The fourth-order valence-corrected chi connectivity index (χ4v) is 2.35. The number of alkyl halides is 3. The number of carbonyl (C=O) groups excluding carboxylic acids is 1. The van der Waals surface area contributed by atoms with Crippen LogP contribution in [0.15, 0.2) is 65.5 Å². The van der Waals surface area contributed by atoms with Gasteiger partial charge in [-0.15, -0.1) is 0 Å². The first kappa shape index (κ1) is 19.2. The van der Waals surface area contributed by atoms with Crippen LogP contribution >= 0.6 is 0 Å². The molecule has 26 heavy (non-hydrogen) atoms. The maximum atomic E-state index is 13.3. The van der Waals surface area contributed by atoms with E-state index in [1.165, 1.54) is 36.4 Å². The summed E-state index contributed by atoms with van der Waals surface area (Å²) in [5.74, 6) is -0.973. The minimum absolute atomic E-state index is 0.0133. The second-order valence-electron chi connectivity index (χ2n) is 5.03. The minimum atomic E-state index is -4.86. The third-order valence-electron chi connectivity index (χ3n) is 3.45.